The largest absolute Gasteiger partial charge is 0.495 e. The van der Waals surface area contributed by atoms with Crippen LogP contribution in [0, 0.1) is 11.3 Å². The van der Waals surface area contributed by atoms with Crippen molar-refractivity contribution in [2.45, 2.75) is 12.3 Å². The Morgan fingerprint density at radius 2 is 2.33 bits per heavy atom. The molecule has 0 aliphatic rings. The summed E-state index contributed by atoms with van der Waals surface area (Å²) < 4.78 is 29.8. The third kappa shape index (κ3) is 2.34. The summed E-state index contributed by atoms with van der Waals surface area (Å²) in [5.74, 6) is 0.167. The second-order valence-electron chi connectivity index (χ2n) is 2.62. The van der Waals surface area contributed by atoms with Crippen LogP contribution in [0.4, 0.5) is 8.78 Å². The van der Waals surface area contributed by atoms with E-state index in [-0.39, 0.29) is 23.0 Å². The molecule has 0 amide bonds. The maximum absolute atomic E-state index is 12.5. The smallest absolute Gasteiger partial charge is 0.266 e. The van der Waals surface area contributed by atoms with Gasteiger partial charge in [0.15, 0.2) is 0 Å². The van der Waals surface area contributed by atoms with Gasteiger partial charge in [-0.3, -0.25) is 0 Å². The fourth-order valence-corrected chi connectivity index (χ4v) is 1.27. The molecule has 1 heterocycles. The van der Waals surface area contributed by atoms with Crippen molar-refractivity contribution in [2.24, 2.45) is 0 Å². The average Bonchev–Trinajstić information content (AvgIpc) is 2.26. The van der Waals surface area contributed by atoms with Crippen LogP contribution in [0.1, 0.15) is 23.4 Å². The van der Waals surface area contributed by atoms with Crippen molar-refractivity contribution in [1.29, 1.82) is 5.26 Å². The number of nitrogens with zero attached hydrogens (tertiary/aromatic N) is 2. The highest BCUT2D eigenvalue weighted by Crippen LogP contribution is 2.28. The van der Waals surface area contributed by atoms with Crippen molar-refractivity contribution >= 4 is 11.6 Å². The monoisotopic (exact) mass is 232 g/mol. The minimum absolute atomic E-state index is 0.00136. The predicted octanol–water partition coefficient (Wildman–Crippen LogP) is 2.64. The summed E-state index contributed by atoms with van der Waals surface area (Å²) in [6.07, 6.45) is -2.76. The summed E-state index contributed by atoms with van der Waals surface area (Å²) in [7, 11) is 1.33. The Balaban J connectivity index is 3.36. The first-order chi connectivity index (χ1) is 7.13. The zero-order valence-electron chi connectivity index (χ0n) is 7.80. The molecule has 1 rings (SSSR count). The summed E-state index contributed by atoms with van der Waals surface area (Å²) in [6, 6.07) is 2.69. The molecule has 1 aromatic heterocycles. The minimum Gasteiger partial charge on any atom is -0.495 e. The van der Waals surface area contributed by atoms with E-state index >= 15 is 0 Å². The molecule has 15 heavy (non-hydrogen) atoms. The van der Waals surface area contributed by atoms with Crippen LogP contribution in [0.25, 0.3) is 0 Å². The van der Waals surface area contributed by atoms with E-state index in [4.69, 9.17) is 21.6 Å². The van der Waals surface area contributed by atoms with E-state index in [0.29, 0.717) is 0 Å². The van der Waals surface area contributed by atoms with Crippen molar-refractivity contribution in [3.05, 3.63) is 23.0 Å². The first-order valence-electron chi connectivity index (χ1n) is 3.96. The molecule has 3 nitrogen and oxygen atoms in total. The Bertz CT molecular complexity index is 404. The highest BCUT2D eigenvalue weighted by Gasteiger charge is 2.18. The zero-order valence-corrected chi connectivity index (χ0v) is 8.55. The van der Waals surface area contributed by atoms with Crippen LogP contribution in [-0.2, 0) is 5.88 Å². The molecule has 0 fully saturated rings. The zero-order chi connectivity index (χ0) is 11.4. The lowest BCUT2D eigenvalue weighted by Gasteiger charge is -2.09. The van der Waals surface area contributed by atoms with Crippen LogP contribution < -0.4 is 4.74 Å². The first kappa shape index (κ1) is 11.7. The second-order valence-corrected chi connectivity index (χ2v) is 2.89. The van der Waals surface area contributed by atoms with Crippen molar-refractivity contribution < 1.29 is 13.5 Å². The summed E-state index contributed by atoms with van der Waals surface area (Å²) in [6.45, 7) is 0. The van der Waals surface area contributed by atoms with Gasteiger partial charge in [0.25, 0.3) is 6.43 Å². The van der Waals surface area contributed by atoms with E-state index in [1.54, 1.807) is 6.07 Å². The first-order valence-corrected chi connectivity index (χ1v) is 4.49. The van der Waals surface area contributed by atoms with Gasteiger partial charge in [0, 0.05) is 0 Å². The van der Waals surface area contributed by atoms with Crippen LogP contribution in [0.2, 0.25) is 0 Å². The minimum atomic E-state index is -2.76. The van der Waals surface area contributed by atoms with E-state index in [1.165, 1.54) is 7.11 Å². The van der Waals surface area contributed by atoms with E-state index in [0.717, 1.165) is 6.07 Å². The van der Waals surface area contributed by atoms with Crippen LogP contribution in [0.15, 0.2) is 6.07 Å². The van der Waals surface area contributed by atoms with Gasteiger partial charge in [0.05, 0.1) is 24.2 Å². The number of alkyl halides is 3. The lowest BCUT2D eigenvalue weighted by molar-refractivity contribution is 0.150. The van der Waals surface area contributed by atoms with Crippen molar-refractivity contribution in [1.82, 2.24) is 4.98 Å². The number of ether oxygens (including phenoxy) is 1. The molecule has 0 aliphatic carbocycles. The average molecular weight is 233 g/mol. The highest BCUT2D eigenvalue weighted by atomic mass is 35.5. The molecule has 0 radical (unpaired) electrons. The Morgan fingerprint density at radius 3 is 2.73 bits per heavy atom. The van der Waals surface area contributed by atoms with Gasteiger partial charge in [-0.05, 0) is 6.07 Å². The molecule has 0 aliphatic heterocycles. The number of rotatable bonds is 3. The van der Waals surface area contributed by atoms with Gasteiger partial charge in [0.2, 0.25) is 0 Å². The molecule has 80 valence electrons. The summed E-state index contributed by atoms with van der Waals surface area (Å²) in [5.41, 5.74) is -0.482. The number of hydrogen-bond acceptors (Lipinski definition) is 3. The number of pyridine rings is 1. The number of halogens is 3. The lowest BCUT2D eigenvalue weighted by Crippen LogP contribution is -2.01. The third-order valence-electron chi connectivity index (χ3n) is 1.78. The Labute approximate surface area is 90.3 Å². The molecular formula is C9H7ClF2N2O. The lowest BCUT2D eigenvalue weighted by atomic mass is 10.2. The molecule has 6 heteroatoms. The van der Waals surface area contributed by atoms with E-state index in [2.05, 4.69) is 4.98 Å². The topological polar surface area (TPSA) is 45.9 Å². The molecule has 0 N–H and O–H groups in total. The molecule has 0 saturated heterocycles. The van der Waals surface area contributed by atoms with Crippen LogP contribution in [-0.4, -0.2) is 12.1 Å². The molecule has 1 aromatic rings. The molecule has 0 spiro atoms. The summed E-state index contributed by atoms with van der Waals surface area (Å²) in [4.78, 5) is 3.70. The fourth-order valence-electron chi connectivity index (χ4n) is 1.08. The van der Waals surface area contributed by atoms with E-state index in [1.807, 2.05) is 0 Å². The van der Waals surface area contributed by atoms with Crippen molar-refractivity contribution in [3.63, 3.8) is 0 Å². The third-order valence-corrected chi connectivity index (χ3v) is 2.03. The van der Waals surface area contributed by atoms with Crippen LogP contribution >= 0.6 is 11.6 Å². The Morgan fingerprint density at radius 1 is 1.67 bits per heavy atom. The number of methoxy groups -OCH3 is 1. The van der Waals surface area contributed by atoms with E-state index in [9.17, 15) is 8.78 Å². The van der Waals surface area contributed by atoms with Crippen LogP contribution in [0.5, 0.6) is 5.75 Å². The number of nitriles is 1. The van der Waals surface area contributed by atoms with Gasteiger partial charge in [-0.2, -0.15) is 5.26 Å². The standard InChI is InChI=1S/C9H7ClF2N2O/c1-15-8-2-5(9(11)12)7(4-13)14-6(8)3-10/h2,9H,3H2,1H3. The molecule has 0 unspecified atom stereocenters. The summed E-state index contributed by atoms with van der Waals surface area (Å²) >= 11 is 5.53. The fraction of sp³-hybridized carbons (Fsp3) is 0.333. The van der Waals surface area contributed by atoms with Gasteiger partial charge < -0.3 is 4.74 Å². The normalized spacial score (nSPS) is 10.1. The Kier molecular flexibility index (Phi) is 3.81. The number of aromatic nitrogens is 1. The maximum atomic E-state index is 12.5. The van der Waals surface area contributed by atoms with Gasteiger partial charge >= 0.3 is 0 Å². The van der Waals surface area contributed by atoms with Crippen molar-refractivity contribution in [3.8, 4) is 11.8 Å². The van der Waals surface area contributed by atoms with E-state index < -0.39 is 12.0 Å². The van der Waals surface area contributed by atoms with Gasteiger partial charge in [-0.15, -0.1) is 11.6 Å². The highest BCUT2D eigenvalue weighted by molar-refractivity contribution is 6.17. The predicted molar refractivity (Wildman–Crippen MR) is 50.0 cm³/mol. The second kappa shape index (κ2) is 4.89. The SMILES string of the molecule is COc1cc(C(F)F)c(C#N)nc1CCl. The van der Waals surface area contributed by atoms with Crippen LogP contribution in [0.3, 0.4) is 0 Å². The quantitative estimate of drug-likeness (QED) is 0.753. The molecular weight excluding hydrogens is 226 g/mol. The molecule has 0 aromatic carbocycles. The summed E-state index contributed by atoms with van der Waals surface area (Å²) in [5, 5.41) is 8.62. The number of hydrogen-bond donors (Lipinski definition) is 0. The molecule has 0 saturated carbocycles. The Hall–Kier alpha value is -1.41. The van der Waals surface area contributed by atoms with Gasteiger partial charge in [0.1, 0.15) is 17.5 Å². The van der Waals surface area contributed by atoms with Gasteiger partial charge in [-0.25, -0.2) is 13.8 Å². The molecule has 0 bridgehead atoms. The van der Waals surface area contributed by atoms with Gasteiger partial charge in [-0.1, -0.05) is 0 Å². The van der Waals surface area contributed by atoms with Crippen molar-refractivity contribution in [2.75, 3.05) is 7.11 Å². The maximum Gasteiger partial charge on any atom is 0.266 e. The molecule has 0 atom stereocenters.